The lowest BCUT2D eigenvalue weighted by molar-refractivity contribution is -0.115. The normalized spacial score (nSPS) is 12.2. The molecule has 3 nitrogen and oxygen atoms in total. The Morgan fingerprint density at radius 3 is 2.79 bits per heavy atom. The number of rotatable bonds is 3. The third kappa shape index (κ3) is 3.60. The first-order valence-corrected chi connectivity index (χ1v) is 7.40. The fourth-order valence-corrected chi connectivity index (χ4v) is 2.63. The van der Waals surface area contributed by atoms with Gasteiger partial charge in [-0.05, 0) is 25.1 Å². The maximum Gasteiger partial charge on any atom is 0.243 e. The molecule has 0 saturated heterocycles. The van der Waals surface area contributed by atoms with E-state index < -0.39 is 5.38 Å². The van der Waals surface area contributed by atoms with Crippen LogP contribution in [0.1, 0.15) is 6.92 Å². The minimum absolute atomic E-state index is 0.287. The molecule has 0 saturated carbocycles. The van der Waals surface area contributed by atoms with Crippen LogP contribution < -0.4 is 5.32 Å². The van der Waals surface area contributed by atoms with Crippen molar-refractivity contribution in [2.24, 2.45) is 0 Å². The number of halogens is 3. The highest BCUT2D eigenvalue weighted by Crippen LogP contribution is 2.32. The number of anilines is 1. The monoisotopic (exact) mass is 334 g/mol. The zero-order valence-corrected chi connectivity index (χ0v) is 12.9. The molecule has 0 aliphatic heterocycles. The van der Waals surface area contributed by atoms with Gasteiger partial charge in [-0.15, -0.1) is 22.9 Å². The van der Waals surface area contributed by atoms with Crippen LogP contribution in [0.25, 0.3) is 11.3 Å². The first-order chi connectivity index (χ1) is 8.97. The molecule has 0 spiro atoms. The molecular weight excluding hydrogens is 327 g/mol. The average Bonchev–Trinajstić information content (AvgIpc) is 2.77. The zero-order valence-electron chi connectivity index (χ0n) is 9.78. The van der Waals surface area contributed by atoms with Crippen molar-refractivity contribution in [1.29, 1.82) is 0 Å². The molecule has 0 radical (unpaired) electrons. The first kappa shape index (κ1) is 14.6. The number of aromatic nitrogens is 1. The number of amides is 1. The largest absolute Gasteiger partial charge is 0.301 e. The van der Waals surface area contributed by atoms with Crippen molar-refractivity contribution in [2.75, 3.05) is 5.32 Å². The molecule has 1 N–H and O–H groups in total. The standard InChI is InChI=1S/C12H9Cl3N2OS/c1-6(13)11(18)17-12-16-10(5-19-12)8-3-2-7(14)4-9(8)15/h2-6H,1H3,(H,16,17,18). The van der Waals surface area contributed by atoms with E-state index in [-0.39, 0.29) is 5.91 Å². The number of alkyl halides is 1. The van der Waals surface area contributed by atoms with E-state index in [2.05, 4.69) is 10.3 Å². The molecule has 0 aliphatic rings. The number of hydrogen-bond acceptors (Lipinski definition) is 3. The molecule has 1 aromatic heterocycles. The van der Waals surface area contributed by atoms with Crippen LogP contribution in [0.5, 0.6) is 0 Å². The highest BCUT2D eigenvalue weighted by atomic mass is 35.5. The van der Waals surface area contributed by atoms with Crippen molar-refractivity contribution in [3.63, 3.8) is 0 Å². The lowest BCUT2D eigenvalue weighted by Gasteiger charge is -2.02. The van der Waals surface area contributed by atoms with Crippen molar-refractivity contribution in [1.82, 2.24) is 4.98 Å². The summed E-state index contributed by atoms with van der Waals surface area (Å²) in [5, 5.41) is 5.40. The smallest absolute Gasteiger partial charge is 0.243 e. The molecule has 1 heterocycles. The Kier molecular flexibility index (Phi) is 4.68. The van der Waals surface area contributed by atoms with E-state index in [1.807, 2.05) is 5.38 Å². The summed E-state index contributed by atoms with van der Waals surface area (Å²) < 4.78 is 0. The van der Waals surface area contributed by atoms with Crippen LogP contribution in [0.4, 0.5) is 5.13 Å². The number of hydrogen-bond donors (Lipinski definition) is 1. The number of nitrogens with zero attached hydrogens (tertiary/aromatic N) is 1. The van der Waals surface area contributed by atoms with Gasteiger partial charge in [0.2, 0.25) is 5.91 Å². The second-order valence-corrected chi connectivity index (χ2v) is 6.12. The van der Waals surface area contributed by atoms with Crippen LogP contribution in [0.15, 0.2) is 23.6 Å². The Morgan fingerprint density at radius 2 is 2.16 bits per heavy atom. The van der Waals surface area contributed by atoms with Crippen LogP contribution in [-0.2, 0) is 4.79 Å². The number of benzene rings is 1. The van der Waals surface area contributed by atoms with E-state index in [4.69, 9.17) is 34.8 Å². The summed E-state index contributed by atoms with van der Waals surface area (Å²) in [5.41, 5.74) is 1.45. The molecule has 0 bridgehead atoms. The van der Waals surface area contributed by atoms with E-state index in [0.717, 1.165) is 5.56 Å². The van der Waals surface area contributed by atoms with Gasteiger partial charge in [-0.2, -0.15) is 0 Å². The maximum absolute atomic E-state index is 11.4. The number of carbonyl (C=O) groups is 1. The quantitative estimate of drug-likeness (QED) is 0.827. The van der Waals surface area contributed by atoms with E-state index >= 15 is 0 Å². The van der Waals surface area contributed by atoms with Gasteiger partial charge >= 0.3 is 0 Å². The van der Waals surface area contributed by atoms with Crippen molar-refractivity contribution < 1.29 is 4.79 Å². The van der Waals surface area contributed by atoms with Crippen molar-refractivity contribution in [3.05, 3.63) is 33.6 Å². The van der Waals surface area contributed by atoms with Crippen molar-refractivity contribution in [2.45, 2.75) is 12.3 Å². The molecule has 0 aliphatic carbocycles. The van der Waals surface area contributed by atoms with Gasteiger partial charge in [-0.3, -0.25) is 4.79 Å². The summed E-state index contributed by atoms with van der Waals surface area (Å²) in [4.78, 5) is 15.7. The highest BCUT2D eigenvalue weighted by Gasteiger charge is 2.13. The Labute approximate surface area is 129 Å². The molecule has 7 heteroatoms. The minimum Gasteiger partial charge on any atom is -0.301 e. The van der Waals surface area contributed by atoms with E-state index in [9.17, 15) is 4.79 Å². The summed E-state index contributed by atoms with van der Waals surface area (Å²) in [7, 11) is 0. The predicted molar refractivity (Wildman–Crippen MR) is 81.5 cm³/mol. The topological polar surface area (TPSA) is 42.0 Å². The Hall–Kier alpha value is -0.810. The maximum atomic E-state index is 11.4. The summed E-state index contributed by atoms with van der Waals surface area (Å²) in [6, 6.07) is 5.17. The zero-order chi connectivity index (χ0) is 14.0. The molecule has 1 amide bonds. The summed E-state index contributed by atoms with van der Waals surface area (Å²) in [5.74, 6) is -0.287. The summed E-state index contributed by atoms with van der Waals surface area (Å²) in [6.07, 6.45) is 0. The van der Waals surface area contributed by atoms with Gasteiger partial charge in [0.25, 0.3) is 0 Å². The van der Waals surface area contributed by atoms with Crippen LogP contribution in [-0.4, -0.2) is 16.3 Å². The summed E-state index contributed by atoms with van der Waals surface area (Å²) in [6.45, 7) is 1.60. The van der Waals surface area contributed by atoms with Gasteiger partial charge in [0.1, 0.15) is 5.38 Å². The molecule has 100 valence electrons. The molecule has 2 aromatic rings. The van der Waals surface area contributed by atoms with Crippen LogP contribution in [0, 0.1) is 0 Å². The summed E-state index contributed by atoms with van der Waals surface area (Å²) >= 11 is 18.9. The number of carbonyl (C=O) groups excluding carboxylic acids is 1. The SMILES string of the molecule is CC(Cl)C(=O)Nc1nc(-c2ccc(Cl)cc2Cl)cs1. The second kappa shape index (κ2) is 6.09. The fourth-order valence-electron chi connectivity index (χ4n) is 1.36. The molecule has 0 fully saturated rings. The van der Waals surface area contributed by atoms with Gasteiger partial charge in [-0.25, -0.2) is 4.98 Å². The van der Waals surface area contributed by atoms with E-state index in [1.165, 1.54) is 11.3 Å². The number of thiazole rings is 1. The van der Waals surface area contributed by atoms with E-state index in [1.54, 1.807) is 25.1 Å². The molecule has 19 heavy (non-hydrogen) atoms. The second-order valence-electron chi connectivity index (χ2n) is 3.77. The highest BCUT2D eigenvalue weighted by molar-refractivity contribution is 7.14. The van der Waals surface area contributed by atoms with Crippen molar-refractivity contribution >= 4 is 57.2 Å². The predicted octanol–water partition coefficient (Wildman–Crippen LogP) is 4.68. The van der Waals surface area contributed by atoms with Crippen LogP contribution in [0.2, 0.25) is 10.0 Å². The van der Waals surface area contributed by atoms with Gasteiger partial charge in [0, 0.05) is 16.0 Å². The lowest BCUT2D eigenvalue weighted by Crippen LogP contribution is -2.20. The first-order valence-electron chi connectivity index (χ1n) is 5.33. The lowest BCUT2D eigenvalue weighted by atomic mass is 10.2. The molecular formula is C12H9Cl3N2OS. The van der Waals surface area contributed by atoms with Crippen LogP contribution in [0.3, 0.4) is 0 Å². The Bertz CT molecular complexity index is 613. The van der Waals surface area contributed by atoms with Gasteiger partial charge in [0.15, 0.2) is 5.13 Å². The number of nitrogens with one attached hydrogen (secondary N) is 1. The average molecular weight is 336 g/mol. The van der Waals surface area contributed by atoms with Gasteiger partial charge < -0.3 is 5.32 Å². The fraction of sp³-hybridized carbons (Fsp3) is 0.167. The molecule has 1 unspecified atom stereocenters. The Morgan fingerprint density at radius 1 is 1.42 bits per heavy atom. The minimum atomic E-state index is -0.605. The molecule has 1 atom stereocenters. The van der Waals surface area contributed by atoms with Gasteiger partial charge in [0.05, 0.1) is 10.7 Å². The third-order valence-electron chi connectivity index (χ3n) is 2.30. The van der Waals surface area contributed by atoms with Crippen LogP contribution >= 0.6 is 46.1 Å². The molecule has 1 aromatic carbocycles. The third-order valence-corrected chi connectivity index (χ3v) is 3.81. The molecule has 2 rings (SSSR count). The van der Waals surface area contributed by atoms with Crippen molar-refractivity contribution in [3.8, 4) is 11.3 Å². The van der Waals surface area contributed by atoms with Gasteiger partial charge in [-0.1, -0.05) is 23.2 Å². The Balaban J connectivity index is 2.23. The van der Waals surface area contributed by atoms with E-state index in [0.29, 0.717) is 20.9 Å².